The van der Waals surface area contributed by atoms with Gasteiger partial charge in [0.05, 0.1) is 35.6 Å². The summed E-state index contributed by atoms with van der Waals surface area (Å²) in [6.07, 6.45) is 0. The molecule has 0 aliphatic carbocycles. The highest BCUT2D eigenvalue weighted by Crippen LogP contribution is 2.44. The van der Waals surface area contributed by atoms with Crippen molar-refractivity contribution in [3.8, 4) is 11.3 Å². The third-order valence-corrected chi connectivity index (χ3v) is 6.46. The molecular formula is C25H21N3O4S. The summed E-state index contributed by atoms with van der Waals surface area (Å²) in [6.45, 7) is 1.95. The van der Waals surface area contributed by atoms with Gasteiger partial charge >= 0.3 is 11.9 Å². The Morgan fingerprint density at radius 3 is 2.73 bits per heavy atom. The third-order valence-electron chi connectivity index (χ3n) is 5.70. The van der Waals surface area contributed by atoms with Crippen LogP contribution >= 0.6 is 11.3 Å². The number of cyclic esters (lactones) is 1. The lowest BCUT2D eigenvalue weighted by molar-refractivity contribution is -0.136. The lowest BCUT2D eigenvalue weighted by atomic mass is 9.80. The molecule has 1 atom stereocenters. The molecule has 0 bridgehead atoms. The molecule has 3 heterocycles. The fourth-order valence-corrected chi connectivity index (χ4v) is 4.94. The molecule has 3 aromatic rings. The number of esters is 2. The number of para-hydroxylation sites is 1. The van der Waals surface area contributed by atoms with Gasteiger partial charge in [0.1, 0.15) is 6.61 Å². The van der Waals surface area contributed by atoms with Crippen LogP contribution < -0.4 is 10.6 Å². The standard InChI is InChI=1S/C25H21N3O4S/c1-14-20(23(29)31-2)21(22-18(26-14)12-32-24(22)30)16-10-6-7-11-17(16)27-25-28-19(13-33-25)15-8-4-3-5-9-15/h3-11,13,21,26H,12H2,1-2H3,(H,27,28). The molecule has 0 saturated carbocycles. The molecule has 0 amide bonds. The van der Waals surface area contributed by atoms with Crippen molar-refractivity contribution in [2.24, 2.45) is 0 Å². The van der Waals surface area contributed by atoms with Crippen molar-refractivity contribution in [1.82, 2.24) is 10.3 Å². The zero-order valence-electron chi connectivity index (χ0n) is 18.0. The Morgan fingerprint density at radius 2 is 1.94 bits per heavy atom. The SMILES string of the molecule is COC(=O)C1=C(C)NC2=C(C(=O)OC2)C1c1ccccc1Nc1nc(-c2ccccc2)cs1. The zero-order chi connectivity index (χ0) is 22.9. The molecule has 0 saturated heterocycles. The Balaban J connectivity index is 1.56. The van der Waals surface area contributed by atoms with Gasteiger partial charge in [0.15, 0.2) is 5.13 Å². The second-order valence-corrected chi connectivity index (χ2v) is 8.53. The fourth-order valence-electron chi connectivity index (χ4n) is 4.21. The lowest BCUT2D eigenvalue weighted by Gasteiger charge is -2.28. The number of aromatic nitrogens is 1. The number of carbonyl (C=O) groups is 2. The van der Waals surface area contributed by atoms with E-state index in [2.05, 4.69) is 10.6 Å². The van der Waals surface area contributed by atoms with Gasteiger partial charge in [0, 0.05) is 22.3 Å². The number of ether oxygens (including phenoxy) is 2. The summed E-state index contributed by atoms with van der Waals surface area (Å²) in [5, 5.41) is 9.23. The van der Waals surface area contributed by atoms with Crippen LogP contribution in [0.1, 0.15) is 18.4 Å². The maximum absolute atomic E-state index is 12.8. The van der Waals surface area contributed by atoms with Gasteiger partial charge in [-0.2, -0.15) is 0 Å². The molecule has 2 aromatic carbocycles. The molecule has 166 valence electrons. The second kappa shape index (κ2) is 8.55. The third kappa shape index (κ3) is 3.78. The minimum absolute atomic E-state index is 0.152. The number of hydrogen-bond acceptors (Lipinski definition) is 8. The van der Waals surface area contributed by atoms with Crippen LogP contribution in [-0.4, -0.2) is 30.6 Å². The Labute approximate surface area is 194 Å². The Morgan fingerprint density at radius 1 is 1.18 bits per heavy atom. The smallest absolute Gasteiger partial charge is 0.337 e. The van der Waals surface area contributed by atoms with Crippen molar-refractivity contribution in [2.45, 2.75) is 12.8 Å². The van der Waals surface area contributed by atoms with Gasteiger partial charge in [0.25, 0.3) is 0 Å². The maximum atomic E-state index is 12.8. The minimum Gasteiger partial charge on any atom is -0.466 e. The molecule has 2 aliphatic heterocycles. The predicted octanol–water partition coefficient (Wildman–Crippen LogP) is 4.50. The molecule has 2 N–H and O–H groups in total. The molecule has 0 fully saturated rings. The number of methoxy groups -OCH3 is 1. The Kier molecular flexibility index (Phi) is 5.43. The summed E-state index contributed by atoms with van der Waals surface area (Å²) in [7, 11) is 1.33. The van der Waals surface area contributed by atoms with Crippen LogP contribution in [0.4, 0.5) is 10.8 Å². The highest BCUT2D eigenvalue weighted by Gasteiger charge is 2.42. The van der Waals surface area contributed by atoms with Crippen molar-refractivity contribution in [3.05, 3.63) is 88.1 Å². The number of benzene rings is 2. The first-order chi connectivity index (χ1) is 16.1. The van der Waals surface area contributed by atoms with Gasteiger partial charge < -0.3 is 20.1 Å². The van der Waals surface area contributed by atoms with E-state index in [4.69, 9.17) is 14.5 Å². The van der Waals surface area contributed by atoms with E-state index in [1.54, 1.807) is 6.92 Å². The molecule has 5 rings (SSSR count). The van der Waals surface area contributed by atoms with E-state index in [0.717, 1.165) is 22.5 Å². The van der Waals surface area contributed by atoms with Gasteiger partial charge in [-0.15, -0.1) is 11.3 Å². The van der Waals surface area contributed by atoms with E-state index >= 15 is 0 Å². The van der Waals surface area contributed by atoms with Crippen LogP contribution in [0.3, 0.4) is 0 Å². The Hall–Kier alpha value is -3.91. The van der Waals surface area contributed by atoms with E-state index in [-0.39, 0.29) is 6.61 Å². The van der Waals surface area contributed by atoms with Crippen molar-refractivity contribution in [3.63, 3.8) is 0 Å². The van der Waals surface area contributed by atoms with Gasteiger partial charge in [-0.05, 0) is 18.6 Å². The first-order valence-corrected chi connectivity index (χ1v) is 11.3. The van der Waals surface area contributed by atoms with Gasteiger partial charge in [-0.1, -0.05) is 48.5 Å². The number of thiazole rings is 1. The van der Waals surface area contributed by atoms with Crippen LogP contribution in [0.15, 0.2) is 82.5 Å². The predicted molar refractivity (Wildman–Crippen MR) is 126 cm³/mol. The second-order valence-electron chi connectivity index (χ2n) is 7.67. The first kappa shape index (κ1) is 21.0. The highest BCUT2D eigenvalue weighted by atomic mass is 32.1. The molecule has 1 unspecified atom stereocenters. The van der Waals surface area contributed by atoms with Crippen molar-refractivity contribution in [2.75, 3.05) is 19.0 Å². The number of carbonyl (C=O) groups excluding carboxylic acids is 2. The summed E-state index contributed by atoms with van der Waals surface area (Å²) in [5.74, 6) is -1.56. The van der Waals surface area contributed by atoms with Crippen LogP contribution in [0.5, 0.6) is 0 Å². The molecular weight excluding hydrogens is 438 g/mol. The lowest BCUT2D eigenvalue weighted by Crippen LogP contribution is -2.30. The largest absolute Gasteiger partial charge is 0.466 e. The number of hydrogen-bond donors (Lipinski definition) is 2. The highest BCUT2D eigenvalue weighted by molar-refractivity contribution is 7.14. The molecule has 0 radical (unpaired) electrons. The number of dihydropyridines is 1. The number of nitrogens with one attached hydrogen (secondary N) is 2. The van der Waals surface area contributed by atoms with Crippen molar-refractivity contribution < 1.29 is 19.1 Å². The summed E-state index contributed by atoms with van der Waals surface area (Å²) in [4.78, 5) is 30.1. The summed E-state index contributed by atoms with van der Waals surface area (Å²) >= 11 is 1.48. The average Bonchev–Trinajstić information content (AvgIpc) is 3.45. The summed E-state index contributed by atoms with van der Waals surface area (Å²) in [5.41, 5.74) is 5.54. The Bertz CT molecular complexity index is 1310. The van der Waals surface area contributed by atoms with Crippen LogP contribution in [0.25, 0.3) is 11.3 Å². The quantitative estimate of drug-likeness (QED) is 0.543. The zero-order valence-corrected chi connectivity index (χ0v) is 18.9. The van der Waals surface area contributed by atoms with Crippen LogP contribution in [-0.2, 0) is 19.1 Å². The fraction of sp³-hybridized carbons (Fsp3) is 0.160. The molecule has 2 aliphatic rings. The van der Waals surface area contributed by atoms with E-state index in [9.17, 15) is 9.59 Å². The number of allylic oxidation sites excluding steroid dienone is 1. The van der Waals surface area contributed by atoms with E-state index in [1.807, 2.05) is 60.0 Å². The van der Waals surface area contributed by atoms with Gasteiger partial charge in [-0.25, -0.2) is 14.6 Å². The minimum atomic E-state index is -0.624. The van der Waals surface area contributed by atoms with Crippen LogP contribution in [0, 0.1) is 0 Å². The number of rotatable bonds is 5. The van der Waals surface area contributed by atoms with Crippen molar-refractivity contribution >= 4 is 34.1 Å². The summed E-state index contributed by atoms with van der Waals surface area (Å²) < 4.78 is 10.4. The first-order valence-electron chi connectivity index (χ1n) is 10.4. The molecule has 7 nitrogen and oxygen atoms in total. The van der Waals surface area contributed by atoms with E-state index in [1.165, 1.54) is 18.4 Å². The average molecular weight is 460 g/mol. The molecule has 8 heteroatoms. The van der Waals surface area contributed by atoms with Crippen LogP contribution in [0.2, 0.25) is 0 Å². The number of nitrogens with zero attached hydrogens (tertiary/aromatic N) is 1. The molecule has 0 spiro atoms. The number of anilines is 2. The van der Waals surface area contributed by atoms with Gasteiger partial charge in [0.2, 0.25) is 0 Å². The summed E-state index contributed by atoms with van der Waals surface area (Å²) in [6, 6.07) is 17.5. The van der Waals surface area contributed by atoms with E-state index in [0.29, 0.717) is 27.7 Å². The normalized spacial score (nSPS) is 17.4. The topological polar surface area (TPSA) is 89.5 Å². The molecule has 1 aromatic heterocycles. The van der Waals surface area contributed by atoms with Crippen molar-refractivity contribution in [1.29, 1.82) is 0 Å². The maximum Gasteiger partial charge on any atom is 0.337 e. The monoisotopic (exact) mass is 459 g/mol. The van der Waals surface area contributed by atoms with E-state index < -0.39 is 17.9 Å². The van der Waals surface area contributed by atoms with Gasteiger partial charge in [-0.3, -0.25) is 0 Å². The molecule has 33 heavy (non-hydrogen) atoms.